The molecule has 1 amide bonds. The van der Waals surface area contributed by atoms with Crippen molar-refractivity contribution in [1.29, 1.82) is 0 Å². The molecule has 0 unspecified atom stereocenters. The third kappa shape index (κ3) is 2.30. The van der Waals surface area contributed by atoms with Gasteiger partial charge in [0.25, 0.3) is 5.56 Å². The molecule has 0 radical (unpaired) electrons. The molecule has 116 valence electrons. The molecule has 1 aliphatic heterocycles. The number of H-pyrrole nitrogens is 1. The maximum Gasteiger partial charge on any atom is 0.256 e. The number of nitrogens with zero attached hydrogens (tertiary/aromatic N) is 3. The standard InChI is InChI=1S/C16H14N4O3/c1-9-17-13-8-20(7-11(13)16(22)18-9)15(21)6-12-10-4-2-3-5-14(10)23-19-12/h2-5H,6-8H2,1H3,(H,17,18,22). The zero-order valence-corrected chi connectivity index (χ0v) is 12.5. The molecule has 7 nitrogen and oxygen atoms in total. The predicted molar refractivity (Wildman–Crippen MR) is 81.6 cm³/mol. The van der Waals surface area contributed by atoms with Gasteiger partial charge in [0.2, 0.25) is 5.91 Å². The van der Waals surface area contributed by atoms with Crippen molar-refractivity contribution >= 4 is 16.9 Å². The Labute approximate surface area is 130 Å². The van der Waals surface area contributed by atoms with Crippen LogP contribution in [0.1, 0.15) is 22.8 Å². The number of rotatable bonds is 2. The summed E-state index contributed by atoms with van der Waals surface area (Å²) < 4.78 is 5.22. The van der Waals surface area contributed by atoms with E-state index in [0.29, 0.717) is 34.9 Å². The fourth-order valence-electron chi connectivity index (χ4n) is 2.89. The van der Waals surface area contributed by atoms with Crippen LogP contribution in [0, 0.1) is 6.92 Å². The van der Waals surface area contributed by atoms with Gasteiger partial charge in [-0.2, -0.15) is 0 Å². The number of carbonyl (C=O) groups excluding carboxylic acids is 1. The van der Waals surface area contributed by atoms with Crippen molar-refractivity contribution in [2.75, 3.05) is 0 Å². The lowest BCUT2D eigenvalue weighted by atomic mass is 10.1. The van der Waals surface area contributed by atoms with Gasteiger partial charge in [0.15, 0.2) is 5.58 Å². The number of aromatic amines is 1. The van der Waals surface area contributed by atoms with Gasteiger partial charge >= 0.3 is 0 Å². The summed E-state index contributed by atoms with van der Waals surface area (Å²) in [7, 11) is 0. The molecule has 1 aromatic carbocycles. The van der Waals surface area contributed by atoms with E-state index in [0.717, 1.165) is 5.39 Å². The summed E-state index contributed by atoms with van der Waals surface area (Å²) in [6, 6.07) is 7.43. The number of amides is 1. The highest BCUT2D eigenvalue weighted by molar-refractivity contribution is 5.86. The number of nitrogens with one attached hydrogen (secondary N) is 1. The van der Waals surface area contributed by atoms with Crippen LogP contribution in [0.15, 0.2) is 33.6 Å². The lowest BCUT2D eigenvalue weighted by Gasteiger charge is -2.13. The Morgan fingerprint density at radius 1 is 1.35 bits per heavy atom. The molecule has 0 saturated heterocycles. The van der Waals surface area contributed by atoms with Crippen LogP contribution in [-0.4, -0.2) is 25.9 Å². The van der Waals surface area contributed by atoms with Crippen LogP contribution in [0.4, 0.5) is 0 Å². The number of fused-ring (bicyclic) bond motifs is 2. The van der Waals surface area contributed by atoms with Crippen LogP contribution in [0.2, 0.25) is 0 Å². The molecular formula is C16H14N4O3. The summed E-state index contributed by atoms with van der Waals surface area (Å²) in [4.78, 5) is 33.1. The second-order valence-corrected chi connectivity index (χ2v) is 5.63. The van der Waals surface area contributed by atoms with E-state index in [9.17, 15) is 9.59 Å². The van der Waals surface area contributed by atoms with E-state index in [4.69, 9.17) is 4.52 Å². The zero-order chi connectivity index (χ0) is 16.0. The molecule has 1 aliphatic rings. The average molecular weight is 310 g/mol. The van der Waals surface area contributed by atoms with Crippen molar-refractivity contribution in [3.63, 3.8) is 0 Å². The number of benzene rings is 1. The second-order valence-electron chi connectivity index (χ2n) is 5.63. The van der Waals surface area contributed by atoms with E-state index in [2.05, 4.69) is 15.1 Å². The van der Waals surface area contributed by atoms with E-state index in [1.807, 2.05) is 24.3 Å². The van der Waals surface area contributed by atoms with Gasteiger partial charge in [0.1, 0.15) is 11.5 Å². The highest BCUT2D eigenvalue weighted by Gasteiger charge is 2.28. The number of hydrogen-bond acceptors (Lipinski definition) is 5. The number of aryl methyl sites for hydroxylation is 1. The van der Waals surface area contributed by atoms with Gasteiger partial charge in [-0.15, -0.1) is 0 Å². The molecule has 2 aromatic heterocycles. The van der Waals surface area contributed by atoms with Crippen molar-refractivity contribution in [3.8, 4) is 0 Å². The Morgan fingerprint density at radius 3 is 3.04 bits per heavy atom. The van der Waals surface area contributed by atoms with Crippen LogP contribution in [0.25, 0.3) is 11.0 Å². The fraction of sp³-hybridized carbons (Fsp3) is 0.250. The Balaban J connectivity index is 1.57. The maximum absolute atomic E-state index is 12.5. The third-order valence-electron chi connectivity index (χ3n) is 4.03. The van der Waals surface area contributed by atoms with E-state index >= 15 is 0 Å². The van der Waals surface area contributed by atoms with Crippen LogP contribution in [0.5, 0.6) is 0 Å². The van der Waals surface area contributed by atoms with E-state index in [1.165, 1.54) is 0 Å². The number of para-hydroxylation sites is 1. The normalized spacial score (nSPS) is 13.5. The van der Waals surface area contributed by atoms with Crippen molar-refractivity contribution in [2.24, 2.45) is 0 Å². The van der Waals surface area contributed by atoms with Gasteiger partial charge in [-0.3, -0.25) is 9.59 Å². The highest BCUT2D eigenvalue weighted by atomic mass is 16.5. The SMILES string of the molecule is Cc1nc2c(c(=O)[nH]1)CN(C(=O)Cc1noc3ccccc13)C2. The Kier molecular flexibility index (Phi) is 3.00. The molecule has 1 N–H and O–H groups in total. The molecule has 0 saturated carbocycles. The third-order valence-corrected chi connectivity index (χ3v) is 4.03. The van der Waals surface area contributed by atoms with Crippen LogP contribution in [0.3, 0.4) is 0 Å². The summed E-state index contributed by atoms with van der Waals surface area (Å²) in [5.74, 6) is 0.463. The van der Waals surface area contributed by atoms with Crippen molar-refractivity contribution < 1.29 is 9.32 Å². The van der Waals surface area contributed by atoms with E-state index in [1.54, 1.807) is 11.8 Å². The number of hydrogen-bond donors (Lipinski definition) is 1. The summed E-state index contributed by atoms with van der Waals surface area (Å²) in [5.41, 5.74) is 2.33. The molecule has 0 spiro atoms. The summed E-state index contributed by atoms with van der Waals surface area (Å²) in [5, 5.41) is 4.82. The minimum absolute atomic E-state index is 0.0980. The van der Waals surface area contributed by atoms with Crippen molar-refractivity contribution in [3.05, 3.63) is 57.4 Å². The quantitative estimate of drug-likeness (QED) is 0.770. The molecule has 3 heterocycles. The first kappa shape index (κ1) is 13.7. The fourth-order valence-corrected chi connectivity index (χ4v) is 2.89. The molecule has 0 aliphatic carbocycles. The molecule has 4 rings (SSSR count). The maximum atomic E-state index is 12.5. The number of aromatic nitrogens is 3. The molecule has 0 fully saturated rings. The smallest absolute Gasteiger partial charge is 0.256 e. The lowest BCUT2D eigenvalue weighted by Crippen LogP contribution is -2.27. The Bertz CT molecular complexity index is 973. The van der Waals surface area contributed by atoms with Crippen molar-refractivity contribution in [2.45, 2.75) is 26.4 Å². The summed E-state index contributed by atoms with van der Waals surface area (Å²) in [6.45, 7) is 2.37. The van der Waals surface area contributed by atoms with Gasteiger partial charge in [0.05, 0.1) is 30.8 Å². The monoisotopic (exact) mass is 310 g/mol. The molecule has 0 atom stereocenters. The average Bonchev–Trinajstić information content (AvgIpc) is 3.12. The minimum atomic E-state index is -0.172. The van der Waals surface area contributed by atoms with Crippen LogP contribution in [-0.2, 0) is 24.3 Å². The largest absolute Gasteiger partial charge is 0.356 e. The zero-order valence-electron chi connectivity index (χ0n) is 12.5. The van der Waals surface area contributed by atoms with E-state index in [-0.39, 0.29) is 24.4 Å². The van der Waals surface area contributed by atoms with E-state index < -0.39 is 0 Å². The minimum Gasteiger partial charge on any atom is -0.356 e. The first-order chi connectivity index (χ1) is 11.1. The topological polar surface area (TPSA) is 92.1 Å². The second kappa shape index (κ2) is 5.05. The van der Waals surface area contributed by atoms with Gasteiger partial charge in [-0.05, 0) is 19.1 Å². The van der Waals surface area contributed by atoms with Gasteiger partial charge < -0.3 is 14.4 Å². The lowest BCUT2D eigenvalue weighted by molar-refractivity contribution is -0.131. The molecule has 0 bridgehead atoms. The molecule has 7 heteroatoms. The van der Waals surface area contributed by atoms with Crippen LogP contribution < -0.4 is 5.56 Å². The molecular weight excluding hydrogens is 296 g/mol. The predicted octanol–water partition coefficient (Wildman–Crippen LogP) is 1.30. The van der Waals surface area contributed by atoms with Gasteiger partial charge in [-0.25, -0.2) is 4.98 Å². The highest BCUT2D eigenvalue weighted by Crippen LogP contribution is 2.22. The Morgan fingerprint density at radius 2 is 2.17 bits per heavy atom. The summed E-state index contributed by atoms with van der Waals surface area (Å²) in [6.07, 6.45) is 0.141. The van der Waals surface area contributed by atoms with Gasteiger partial charge in [-0.1, -0.05) is 17.3 Å². The van der Waals surface area contributed by atoms with Crippen LogP contribution >= 0.6 is 0 Å². The molecule has 3 aromatic rings. The van der Waals surface area contributed by atoms with Crippen molar-refractivity contribution in [1.82, 2.24) is 20.0 Å². The number of carbonyl (C=O) groups is 1. The summed E-state index contributed by atoms with van der Waals surface area (Å²) >= 11 is 0. The van der Waals surface area contributed by atoms with Gasteiger partial charge in [0, 0.05) is 5.39 Å². The molecule has 23 heavy (non-hydrogen) atoms. The first-order valence-corrected chi connectivity index (χ1v) is 7.31. The Hall–Kier alpha value is -2.96. The first-order valence-electron chi connectivity index (χ1n) is 7.31.